The Morgan fingerprint density at radius 3 is 2.90 bits per heavy atom. The van der Waals surface area contributed by atoms with Gasteiger partial charge < -0.3 is 5.32 Å². The summed E-state index contributed by atoms with van der Waals surface area (Å²) in [5.41, 5.74) is 2.21. The molecule has 1 N–H and O–H groups in total. The van der Waals surface area contributed by atoms with Crippen molar-refractivity contribution >= 4 is 17.2 Å². The Labute approximate surface area is 130 Å². The second kappa shape index (κ2) is 7.41. The van der Waals surface area contributed by atoms with Gasteiger partial charge in [0.05, 0.1) is 5.69 Å². The van der Waals surface area contributed by atoms with Gasteiger partial charge in [0.2, 0.25) is 5.91 Å². The first-order chi connectivity index (χ1) is 10.0. The van der Waals surface area contributed by atoms with Crippen molar-refractivity contribution in [3.05, 3.63) is 39.8 Å². The molecule has 0 bridgehead atoms. The zero-order valence-electron chi connectivity index (χ0n) is 12.9. The molecule has 0 saturated heterocycles. The van der Waals surface area contributed by atoms with Crippen LogP contribution < -0.4 is 5.32 Å². The zero-order valence-corrected chi connectivity index (χ0v) is 13.7. The number of nitrogens with one attached hydrogen (secondary N) is 1. The van der Waals surface area contributed by atoms with Gasteiger partial charge in [0.1, 0.15) is 0 Å². The van der Waals surface area contributed by atoms with Crippen molar-refractivity contribution in [3.63, 3.8) is 0 Å². The summed E-state index contributed by atoms with van der Waals surface area (Å²) in [7, 11) is 0. The molecule has 1 atom stereocenters. The highest BCUT2D eigenvalue weighted by Crippen LogP contribution is 2.11. The predicted octanol–water partition coefficient (Wildman–Crippen LogP) is 2.95. The van der Waals surface area contributed by atoms with Crippen LogP contribution in [0.3, 0.4) is 0 Å². The lowest BCUT2D eigenvalue weighted by Gasteiger charge is -2.14. The summed E-state index contributed by atoms with van der Waals surface area (Å²) >= 11 is 1.70. The minimum absolute atomic E-state index is 0.128. The van der Waals surface area contributed by atoms with Gasteiger partial charge in [-0.15, -0.1) is 11.3 Å². The number of carbonyl (C=O) groups is 1. The van der Waals surface area contributed by atoms with Gasteiger partial charge in [0, 0.05) is 30.1 Å². The third-order valence-electron chi connectivity index (χ3n) is 3.41. The summed E-state index contributed by atoms with van der Waals surface area (Å²) in [5, 5.41) is 9.51. The van der Waals surface area contributed by atoms with E-state index in [2.05, 4.69) is 36.4 Å². The maximum absolute atomic E-state index is 11.8. The summed E-state index contributed by atoms with van der Waals surface area (Å²) in [6, 6.07) is 6.17. The highest BCUT2D eigenvalue weighted by Gasteiger charge is 2.09. The largest absolute Gasteiger partial charge is 0.356 e. The first-order valence-corrected chi connectivity index (χ1v) is 8.22. The second-order valence-electron chi connectivity index (χ2n) is 5.60. The lowest BCUT2D eigenvalue weighted by atomic mass is 10.1. The van der Waals surface area contributed by atoms with E-state index in [1.807, 2.05) is 23.1 Å². The maximum atomic E-state index is 11.8. The van der Waals surface area contributed by atoms with Crippen LogP contribution in [0, 0.1) is 19.8 Å². The molecule has 0 saturated carbocycles. The fourth-order valence-corrected chi connectivity index (χ4v) is 3.00. The van der Waals surface area contributed by atoms with Crippen molar-refractivity contribution in [2.24, 2.45) is 5.92 Å². The van der Waals surface area contributed by atoms with Gasteiger partial charge in [-0.3, -0.25) is 9.48 Å². The number of hydrogen-bond acceptors (Lipinski definition) is 3. The van der Waals surface area contributed by atoms with Crippen molar-refractivity contribution in [1.29, 1.82) is 0 Å². The van der Waals surface area contributed by atoms with E-state index < -0.39 is 0 Å². The molecular weight excluding hydrogens is 282 g/mol. The van der Waals surface area contributed by atoms with Gasteiger partial charge in [-0.05, 0) is 43.7 Å². The third-order valence-corrected chi connectivity index (χ3v) is 4.35. The first kappa shape index (κ1) is 15.8. The van der Waals surface area contributed by atoms with E-state index in [9.17, 15) is 4.79 Å². The number of nitrogens with zero attached hydrogens (tertiary/aromatic N) is 2. The topological polar surface area (TPSA) is 46.9 Å². The van der Waals surface area contributed by atoms with Crippen LogP contribution >= 0.6 is 11.3 Å². The van der Waals surface area contributed by atoms with Gasteiger partial charge in [-0.2, -0.15) is 5.10 Å². The second-order valence-corrected chi connectivity index (χ2v) is 6.63. The fourth-order valence-electron chi connectivity index (χ4n) is 2.29. The van der Waals surface area contributed by atoms with Crippen LogP contribution in [0.4, 0.5) is 0 Å². The Bertz CT molecular complexity index is 574. The first-order valence-electron chi connectivity index (χ1n) is 7.34. The van der Waals surface area contributed by atoms with E-state index in [-0.39, 0.29) is 5.91 Å². The lowest BCUT2D eigenvalue weighted by molar-refractivity contribution is -0.121. The molecule has 0 aliphatic rings. The quantitative estimate of drug-likeness (QED) is 0.855. The molecule has 2 rings (SSSR count). The van der Waals surface area contributed by atoms with Gasteiger partial charge >= 0.3 is 0 Å². The number of aryl methyl sites for hydroxylation is 3. The molecule has 0 fully saturated rings. The van der Waals surface area contributed by atoms with Gasteiger partial charge in [0.15, 0.2) is 0 Å². The third kappa shape index (κ3) is 5.01. The molecule has 0 aromatic carbocycles. The van der Waals surface area contributed by atoms with Crippen LogP contribution in [0.5, 0.6) is 0 Å². The Morgan fingerprint density at radius 2 is 2.29 bits per heavy atom. The van der Waals surface area contributed by atoms with Crippen LogP contribution in [-0.4, -0.2) is 22.2 Å². The monoisotopic (exact) mass is 305 g/mol. The molecule has 2 aromatic heterocycles. The Morgan fingerprint density at radius 1 is 1.48 bits per heavy atom. The molecule has 21 heavy (non-hydrogen) atoms. The van der Waals surface area contributed by atoms with Gasteiger partial charge in [-0.25, -0.2) is 0 Å². The number of thiophene rings is 1. The lowest BCUT2D eigenvalue weighted by Crippen LogP contribution is -2.30. The van der Waals surface area contributed by atoms with Crippen LogP contribution in [0.1, 0.15) is 29.6 Å². The minimum Gasteiger partial charge on any atom is -0.356 e. The van der Waals surface area contributed by atoms with Crippen molar-refractivity contribution in [3.8, 4) is 0 Å². The number of hydrogen-bond donors (Lipinski definition) is 1. The van der Waals surface area contributed by atoms with Crippen LogP contribution in [0.2, 0.25) is 0 Å². The van der Waals surface area contributed by atoms with Crippen molar-refractivity contribution in [2.45, 2.75) is 40.2 Å². The van der Waals surface area contributed by atoms with Crippen LogP contribution in [-0.2, 0) is 17.8 Å². The summed E-state index contributed by atoms with van der Waals surface area (Å²) in [6.45, 7) is 7.73. The number of amides is 1. The van der Waals surface area contributed by atoms with Crippen molar-refractivity contribution in [1.82, 2.24) is 15.1 Å². The van der Waals surface area contributed by atoms with Gasteiger partial charge in [0.25, 0.3) is 0 Å². The predicted molar refractivity (Wildman–Crippen MR) is 86.5 cm³/mol. The summed E-state index contributed by atoms with van der Waals surface area (Å²) < 4.78 is 2.01. The summed E-state index contributed by atoms with van der Waals surface area (Å²) in [6.07, 6.45) is 1.39. The maximum Gasteiger partial charge on any atom is 0.220 e. The Kier molecular flexibility index (Phi) is 5.56. The van der Waals surface area contributed by atoms with E-state index in [4.69, 9.17) is 0 Å². The highest BCUT2D eigenvalue weighted by molar-refractivity contribution is 7.09. The molecule has 4 nitrogen and oxygen atoms in total. The molecule has 1 amide bonds. The van der Waals surface area contributed by atoms with E-state index in [0.29, 0.717) is 18.9 Å². The molecule has 0 radical (unpaired) electrons. The molecule has 0 spiro atoms. The summed E-state index contributed by atoms with van der Waals surface area (Å²) in [5.74, 6) is 0.498. The molecule has 5 heteroatoms. The number of rotatable bonds is 7. The average Bonchev–Trinajstić information content (AvgIpc) is 3.04. The Hall–Kier alpha value is -1.62. The van der Waals surface area contributed by atoms with Crippen molar-refractivity contribution in [2.75, 3.05) is 6.54 Å². The number of carbonyl (C=O) groups excluding carboxylic acids is 1. The average molecular weight is 305 g/mol. The highest BCUT2D eigenvalue weighted by atomic mass is 32.1. The molecule has 114 valence electrons. The Balaban J connectivity index is 1.69. The van der Waals surface area contributed by atoms with E-state index in [1.54, 1.807) is 11.3 Å². The van der Waals surface area contributed by atoms with Crippen molar-refractivity contribution < 1.29 is 4.79 Å². The SMILES string of the molecule is Cc1cc(C)n(C[C@@H](C)CNC(=O)CCc2cccs2)n1. The normalized spacial score (nSPS) is 12.3. The molecule has 0 unspecified atom stereocenters. The molecule has 2 aromatic rings. The number of aromatic nitrogens is 2. The summed E-state index contributed by atoms with van der Waals surface area (Å²) in [4.78, 5) is 13.1. The van der Waals surface area contributed by atoms with E-state index >= 15 is 0 Å². The molecule has 0 aliphatic carbocycles. The van der Waals surface area contributed by atoms with E-state index in [0.717, 1.165) is 18.7 Å². The minimum atomic E-state index is 0.128. The smallest absolute Gasteiger partial charge is 0.220 e. The molecular formula is C16H23N3OS. The molecule has 2 heterocycles. The fraction of sp³-hybridized carbons (Fsp3) is 0.500. The van der Waals surface area contributed by atoms with Gasteiger partial charge in [-0.1, -0.05) is 13.0 Å². The van der Waals surface area contributed by atoms with Crippen LogP contribution in [0.15, 0.2) is 23.6 Å². The zero-order chi connectivity index (χ0) is 15.2. The van der Waals surface area contributed by atoms with Crippen LogP contribution in [0.25, 0.3) is 0 Å². The molecule has 0 aliphatic heterocycles. The standard InChI is InChI=1S/C16H23N3OS/c1-12(11-19-14(3)9-13(2)18-19)10-17-16(20)7-6-15-5-4-8-21-15/h4-5,8-9,12H,6-7,10-11H2,1-3H3,(H,17,20)/t12-/m0/s1. The van der Waals surface area contributed by atoms with E-state index in [1.165, 1.54) is 10.6 Å².